The second-order valence-electron chi connectivity index (χ2n) is 8.30. The van der Waals surface area contributed by atoms with Crippen LogP contribution in [0, 0.1) is 0 Å². The fraction of sp³-hybridized carbons (Fsp3) is 0.545. The predicted octanol–water partition coefficient (Wildman–Crippen LogP) is 3.91. The van der Waals surface area contributed by atoms with Gasteiger partial charge in [0.05, 0.1) is 23.2 Å². The monoisotopic (exact) mass is 465 g/mol. The lowest BCUT2D eigenvalue weighted by atomic mass is 9.94. The number of sulfone groups is 1. The van der Waals surface area contributed by atoms with Crippen molar-refractivity contribution < 1.29 is 17.9 Å². The molecule has 0 bridgehead atoms. The topological polar surface area (TPSA) is 81.6 Å². The van der Waals surface area contributed by atoms with Crippen LogP contribution in [-0.4, -0.2) is 56.3 Å². The zero-order valence-electron chi connectivity index (χ0n) is 17.6. The number of hydrogen-bond donors (Lipinski definition) is 0. The number of rotatable bonds is 6. The summed E-state index contributed by atoms with van der Waals surface area (Å²) in [6.45, 7) is 1.81. The predicted molar refractivity (Wildman–Crippen MR) is 120 cm³/mol. The molecule has 0 unspecified atom stereocenters. The van der Waals surface area contributed by atoms with E-state index in [1.807, 2.05) is 6.07 Å². The molecule has 2 aromatic rings. The van der Waals surface area contributed by atoms with Crippen molar-refractivity contribution in [1.29, 1.82) is 0 Å². The van der Waals surface area contributed by atoms with Gasteiger partial charge in [0.2, 0.25) is 0 Å². The molecule has 2 heterocycles. The Hall–Kier alpha value is -1.90. The Bertz CT molecular complexity index is 953. The highest BCUT2D eigenvalue weighted by Crippen LogP contribution is 2.29. The Morgan fingerprint density at radius 1 is 0.871 bits per heavy atom. The third kappa shape index (κ3) is 6.08. The first-order valence-electron chi connectivity index (χ1n) is 10.7. The molecule has 0 amide bonds. The molecule has 1 aliphatic carbocycles. The molecule has 0 spiro atoms. The first-order valence-corrected chi connectivity index (χ1v) is 13.0. The molecule has 1 saturated heterocycles. The number of piperidine rings is 1. The minimum atomic E-state index is -3.18. The van der Waals surface area contributed by atoms with Crippen LogP contribution in [0.15, 0.2) is 41.3 Å². The molecule has 1 saturated carbocycles. The van der Waals surface area contributed by atoms with Crippen LogP contribution in [0.3, 0.4) is 0 Å². The van der Waals surface area contributed by atoms with Crippen molar-refractivity contribution in [2.75, 3.05) is 24.2 Å². The van der Waals surface area contributed by atoms with E-state index in [0.717, 1.165) is 63.2 Å². The Morgan fingerprint density at radius 3 is 2.06 bits per heavy atom. The molecule has 7 nitrogen and oxygen atoms in total. The van der Waals surface area contributed by atoms with E-state index in [1.54, 1.807) is 30.3 Å². The zero-order chi connectivity index (χ0) is 21.8. The van der Waals surface area contributed by atoms with E-state index in [1.165, 1.54) is 6.26 Å². The molecule has 0 N–H and O–H groups in total. The van der Waals surface area contributed by atoms with Crippen LogP contribution in [0.25, 0.3) is 0 Å². The first kappa shape index (κ1) is 22.3. The zero-order valence-corrected chi connectivity index (χ0v) is 19.2. The van der Waals surface area contributed by atoms with Crippen LogP contribution in [0.1, 0.15) is 38.5 Å². The molecule has 2 fully saturated rings. The molecule has 0 radical (unpaired) electrons. The maximum absolute atomic E-state index is 11.6. The summed E-state index contributed by atoms with van der Waals surface area (Å²) in [7, 11) is -3.18. The Balaban J connectivity index is 1.19. The lowest BCUT2D eigenvalue weighted by molar-refractivity contribution is -0.0528. The molecule has 168 valence electrons. The summed E-state index contributed by atoms with van der Waals surface area (Å²) < 4.78 is 35.6. The Kier molecular flexibility index (Phi) is 6.99. The maximum atomic E-state index is 11.6. The number of halogens is 1. The normalized spacial score (nSPS) is 23.0. The van der Waals surface area contributed by atoms with Crippen molar-refractivity contribution in [3.63, 3.8) is 0 Å². The van der Waals surface area contributed by atoms with Crippen molar-refractivity contribution in [2.45, 2.75) is 61.7 Å². The summed E-state index contributed by atoms with van der Waals surface area (Å²) in [5.41, 5.74) is 0. The van der Waals surface area contributed by atoms with Gasteiger partial charge in [0.25, 0.3) is 0 Å². The van der Waals surface area contributed by atoms with Gasteiger partial charge in [0, 0.05) is 19.3 Å². The molecular weight excluding hydrogens is 438 g/mol. The largest absolute Gasteiger partial charge is 0.490 e. The number of aromatic nitrogens is 2. The third-order valence-corrected chi connectivity index (χ3v) is 7.27. The van der Waals surface area contributed by atoms with Crippen LogP contribution < -0.4 is 9.64 Å². The lowest BCUT2D eigenvalue weighted by Gasteiger charge is -2.36. The number of anilines is 1. The van der Waals surface area contributed by atoms with Crippen LogP contribution in [0.2, 0.25) is 5.15 Å². The third-order valence-electron chi connectivity index (χ3n) is 5.94. The van der Waals surface area contributed by atoms with E-state index in [0.29, 0.717) is 10.0 Å². The second kappa shape index (κ2) is 9.71. The van der Waals surface area contributed by atoms with Gasteiger partial charge in [0.1, 0.15) is 5.75 Å². The van der Waals surface area contributed by atoms with Gasteiger partial charge in [-0.05, 0) is 74.9 Å². The van der Waals surface area contributed by atoms with Crippen LogP contribution in [0.5, 0.6) is 5.75 Å². The first-order chi connectivity index (χ1) is 14.9. The number of hydrogen-bond acceptors (Lipinski definition) is 7. The number of nitrogens with zero attached hydrogens (tertiary/aromatic N) is 3. The molecule has 1 aromatic heterocycles. The van der Waals surface area contributed by atoms with Gasteiger partial charge >= 0.3 is 0 Å². The molecule has 1 aliphatic heterocycles. The van der Waals surface area contributed by atoms with E-state index in [2.05, 4.69) is 15.1 Å². The summed E-state index contributed by atoms with van der Waals surface area (Å²) in [6, 6.07) is 10.3. The summed E-state index contributed by atoms with van der Waals surface area (Å²) >= 11 is 5.82. The van der Waals surface area contributed by atoms with Gasteiger partial charge in [-0.3, -0.25) is 0 Å². The lowest BCUT2D eigenvalue weighted by Crippen LogP contribution is -2.40. The highest BCUT2D eigenvalue weighted by atomic mass is 35.5. The Labute approximate surface area is 188 Å². The van der Waals surface area contributed by atoms with E-state index < -0.39 is 9.84 Å². The summed E-state index contributed by atoms with van der Waals surface area (Å²) in [6.07, 6.45) is 7.72. The van der Waals surface area contributed by atoms with Crippen LogP contribution >= 0.6 is 11.6 Å². The van der Waals surface area contributed by atoms with Crippen molar-refractivity contribution >= 4 is 27.3 Å². The van der Waals surface area contributed by atoms with Gasteiger partial charge in [-0.25, -0.2) is 8.42 Å². The SMILES string of the molecule is CS(=O)(=O)c1ccc(OC2CCC(OC3CCN(c4ccc(Cl)nn4)CC3)CC2)cc1. The minimum absolute atomic E-state index is 0.147. The van der Waals surface area contributed by atoms with E-state index in [9.17, 15) is 8.42 Å². The highest BCUT2D eigenvalue weighted by molar-refractivity contribution is 7.90. The van der Waals surface area contributed by atoms with Gasteiger partial charge in [-0.2, -0.15) is 0 Å². The molecular formula is C22H28ClN3O4S. The van der Waals surface area contributed by atoms with Gasteiger partial charge < -0.3 is 14.4 Å². The van der Waals surface area contributed by atoms with E-state index >= 15 is 0 Å². The molecule has 1 aromatic carbocycles. The van der Waals surface area contributed by atoms with Gasteiger partial charge in [-0.15, -0.1) is 10.2 Å². The van der Waals surface area contributed by atoms with Crippen molar-refractivity contribution in [1.82, 2.24) is 10.2 Å². The van der Waals surface area contributed by atoms with Crippen LogP contribution in [0.4, 0.5) is 5.82 Å². The fourth-order valence-electron chi connectivity index (χ4n) is 4.21. The minimum Gasteiger partial charge on any atom is -0.490 e. The number of ether oxygens (including phenoxy) is 2. The summed E-state index contributed by atoms with van der Waals surface area (Å²) in [5, 5.41) is 8.49. The van der Waals surface area contributed by atoms with Gasteiger partial charge in [0.15, 0.2) is 20.8 Å². The number of benzene rings is 1. The average Bonchev–Trinajstić information content (AvgIpc) is 2.76. The van der Waals surface area contributed by atoms with Gasteiger partial charge in [-0.1, -0.05) is 11.6 Å². The standard InChI is InChI=1S/C22H28ClN3O4S/c1-31(27,28)20-8-6-18(7-9-20)29-16-2-4-17(5-3-16)30-19-12-14-26(15-13-19)22-11-10-21(23)24-25-22/h6-11,16-17,19H,2-5,12-15H2,1H3. The van der Waals surface area contributed by atoms with Crippen molar-refractivity contribution in [3.8, 4) is 5.75 Å². The molecule has 2 aliphatic rings. The molecule has 31 heavy (non-hydrogen) atoms. The summed E-state index contributed by atoms with van der Waals surface area (Å²) in [5.74, 6) is 1.58. The summed E-state index contributed by atoms with van der Waals surface area (Å²) in [4.78, 5) is 2.54. The Morgan fingerprint density at radius 2 is 1.48 bits per heavy atom. The molecule has 9 heteroatoms. The maximum Gasteiger partial charge on any atom is 0.175 e. The average molecular weight is 466 g/mol. The quantitative estimate of drug-likeness (QED) is 0.639. The molecule has 0 atom stereocenters. The van der Waals surface area contributed by atoms with Crippen LogP contribution in [-0.2, 0) is 14.6 Å². The van der Waals surface area contributed by atoms with E-state index in [-0.39, 0.29) is 18.3 Å². The van der Waals surface area contributed by atoms with Crippen molar-refractivity contribution in [2.24, 2.45) is 0 Å². The molecule has 4 rings (SSSR count). The smallest absolute Gasteiger partial charge is 0.175 e. The van der Waals surface area contributed by atoms with E-state index in [4.69, 9.17) is 21.1 Å². The van der Waals surface area contributed by atoms with Crippen molar-refractivity contribution in [3.05, 3.63) is 41.6 Å². The highest BCUT2D eigenvalue weighted by Gasteiger charge is 2.28. The fourth-order valence-corrected chi connectivity index (χ4v) is 4.95. The second-order valence-corrected chi connectivity index (χ2v) is 10.7.